The summed E-state index contributed by atoms with van der Waals surface area (Å²) >= 11 is 0. The molecule has 0 aromatic heterocycles. The number of aryl methyl sites for hydroxylation is 2. The van der Waals surface area contributed by atoms with Gasteiger partial charge in [0.2, 0.25) is 0 Å². The highest BCUT2D eigenvalue weighted by atomic mass is 15.2. The van der Waals surface area contributed by atoms with Crippen LogP contribution in [-0.2, 0) is 10.8 Å². The molecule has 0 saturated carbocycles. The van der Waals surface area contributed by atoms with Gasteiger partial charge >= 0.3 is 0 Å². The highest BCUT2D eigenvalue weighted by Crippen LogP contribution is 2.58. The summed E-state index contributed by atoms with van der Waals surface area (Å²) in [6, 6.07) is 82.4. The maximum absolute atomic E-state index is 2.53. The minimum atomic E-state index is -0.235. The van der Waals surface area contributed by atoms with E-state index < -0.39 is 0 Å². The van der Waals surface area contributed by atoms with E-state index in [9.17, 15) is 0 Å². The lowest BCUT2D eigenvalue weighted by molar-refractivity contribution is 0.660. The van der Waals surface area contributed by atoms with Crippen LogP contribution in [-0.4, -0.2) is 0 Å². The summed E-state index contributed by atoms with van der Waals surface area (Å²) < 4.78 is 0. The van der Waals surface area contributed by atoms with E-state index in [1.165, 1.54) is 123 Å². The van der Waals surface area contributed by atoms with Crippen LogP contribution in [0.25, 0.3) is 66.8 Å². The lowest BCUT2D eigenvalue weighted by Gasteiger charge is -2.30. The van der Waals surface area contributed by atoms with E-state index in [2.05, 4.69) is 288 Å². The van der Waals surface area contributed by atoms with E-state index in [0.29, 0.717) is 5.92 Å². The Balaban J connectivity index is 0.812. The Morgan fingerprint density at radius 2 is 0.868 bits per heavy atom. The van der Waals surface area contributed by atoms with Gasteiger partial charge in [-0.05, 0) is 212 Å². The SMILES string of the molecule is Cc1ccc(-c2cc(-c3ccc(C)cc3)cc(-c3cccc(-c4ccc5c(c4)C(C)(C)c4cc(N(c6ccccc6)c6ccc7c(c6)C(C)(C)c6cc8c(cc6-7)C6CC=CC=C6N8c6ccccc6)ccc4-5)c3)c2)cc1. The van der Waals surface area contributed by atoms with E-state index >= 15 is 0 Å². The van der Waals surface area contributed by atoms with Crippen LogP contribution in [0.4, 0.5) is 28.4 Å². The van der Waals surface area contributed by atoms with Crippen molar-refractivity contribution in [3.63, 3.8) is 0 Å². The Kier molecular flexibility index (Phi) is 10.5. The fourth-order valence-electron chi connectivity index (χ4n) is 13.1. The van der Waals surface area contributed by atoms with Crippen LogP contribution in [0.3, 0.4) is 0 Å². The fourth-order valence-corrected chi connectivity index (χ4v) is 13.1. The minimum Gasteiger partial charge on any atom is -0.313 e. The van der Waals surface area contributed by atoms with Crippen molar-refractivity contribution in [3.8, 4) is 66.8 Å². The minimum absolute atomic E-state index is 0.213. The van der Waals surface area contributed by atoms with E-state index in [4.69, 9.17) is 0 Å². The summed E-state index contributed by atoms with van der Waals surface area (Å²) in [5.74, 6) is 0.343. The molecule has 0 N–H and O–H groups in total. The molecule has 0 bridgehead atoms. The molecule has 0 radical (unpaired) electrons. The van der Waals surface area contributed by atoms with E-state index in [0.717, 1.165) is 23.5 Å². The Hall–Kier alpha value is -8.72. The smallest absolute Gasteiger partial charge is 0.0501 e. The highest BCUT2D eigenvalue weighted by molar-refractivity contribution is 5.92. The normalized spacial score (nSPS) is 15.8. The Bertz CT molecular complexity index is 3960. The van der Waals surface area contributed by atoms with Crippen LogP contribution in [0, 0.1) is 13.8 Å². The van der Waals surface area contributed by atoms with E-state index in [-0.39, 0.29) is 10.8 Å². The summed E-state index contributed by atoms with van der Waals surface area (Å²) in [6.07, 6.45) is 7.89. The van der Waals surface area contributed by atoms with Gasteiger partial charge in [0.25, 0.3) is 0 Å². The number of para-hydroxylation sites is 2. The number of rotatable bonds is 8. The zero-order valence-corrected chi connectivity index (χ0v) is 44.2. The summed E-state index contributed by atoms with van der Waals surface area (Å²) in [7, 11) is 0. The standard InChI is InChI=1S/C74H60N2/c1-47-24-28-49(29-25-47)54-39-55(50-30-26-48(2)27-31-50)41-56(40-54)52-17-15-16-51(38-52)53-32-35-61-62-36-33-59(43-68(62)73(3,4)67(61)42-53)75(57-18-9-7-10-19-57)60-34-37-63-65-45-66-64-22-13-14-23-71(64)76(58-20-11-8-12-21-58)72(66)46-70(65)74(5,6)69(63)44-60/h7-21,23-46,64H,22H2,1-6H3. The fraction of sp³-hybridized carbons (Fsp3) is 0.135. The van der Waals surface area contributed by atoms with Gasteiger partial charge in [0.1, 0.15) is 0 Å². The maximum atomic E-state index is 2.53. The first-order valence-corrected chi connectivity index (χ1v) is 27.1. The van der Waals surface area contributed by atoms with Crippen LogP contribution in [0.2, 0.25) is 0 Å². The third-order valence-corrected chi connectivity index (χ3v) is 17.3. The van der Waals surface area contributed by atoms with Gasteiger partial charge in [-0.15, -0.1) is 0 Å². The third kappa shape index (κ3) is 7.37. The third-order valence-electron chi connectivity index (χ3n) is 17.3. The van der Waals surface area contributed by atoms with Gasteiger partial charge in [-0.25, -0.2) is 0 Å². The van der Waals surface area contributed by atoms with Crippen molar-refractivity contribution in [2.75, 3.05) is 9.80 Å². The lowest BCUT2D eigenvalue weighted by atomic mass is 9.81. The van der Waals surface area contributed by atoms with Crippen LogP contribution in [0.1, 0.15) is 79.0 Å². The molecule has 0 spiro atoms. The zero-order chi connectivity index (χ0) is 51.5. The molecule has 3 aliphatic carbocycles. The second-order valence-electron chi connectivity index (χ2n) is 22.7. The lowest BCUT2D eigenvalue weighted by Crippen LogP contribution is -2.18. The molecule has 1 heterocycles. The van der Waals surface area contributed by atoms with Gasteiger partial charge in [0, 0.05) is 45.2 Å². The molecule has 0 saturated heterocycles. The van der Waals surface area contributed by atoms with Gasteiger partial charge in [-0.1, -0.05) is 178 Å². The van der Waals surface area contributed by atoms with Crippen molar-refractivity contribution in [3.05, 3.63) is 281 Å². The molecule has 2 heteroatoms. The maximum Gasteiger partial charge on any atom is 0.0501 e. The number of nitrogens with zero attached hydrogens (tertiary/aromatic N) is 2. The number of anilines is 5. The number of allylic oxidation sites excluding steroid dienone is 4. The summed E-state index contributed by atoms with van der Waals surface area (Å²) in [6.45, 7) is 14.0. The molecule has 1 atom stereocenters. The van der Waals surface area contributed by atoms with Crippen molar-refractivity contribution in [1.29, 1.82) is 0 Å². The molecule has 366 valence electrons. The van der Waals surface area contributed by atoms with Crippen molar-refractivity contribution in [2.45, 2.75) is 64.7 Å². The molecule has 14 rings (SSSR count). The van der Waals surface area contributed by atoms with Gasteiger partial charge < -0.3 is 9.80 Å². The van der Waals surface area contributed by atoms with E-state index in [1.807, 2.05) is 0 Å². The average Bonchev–Trinajstić information content (AvgIpc) is 4.17. The predicted molar refractivity (Wildman–Crippen MR) is 321 cm³/mol. The second kappa shape index (κ2) is 17.4. The van der Waals surface area contributed by atoms with Crippen molar-refractivity contribution in [1.82, 2.24) is 0 Å². The molecule has 2 nitrogen and oxygen atoms in total. The first-order chi connectivity index (χ1) is 37.0. The zero-order valence-electron chi connectivity index (χ0n) is 44.2. The molecule has 1 aliphatic heterocycles. The van der Waals surface area contributed by atoms with Gasteiger partial charge in [0.15, 0.2) is 0 Å². The highest BCUT2D eigenvalue weighted by Gasteiger charge is 2.42. The predicted octanol–water partition coefficient (Wildman–Crippen LogP) is 20.1. The van der Waals surface area contributed by atoms with Crippen LogP contribution >= 0.6 is 0 Å². The molecule has 4 aliphatic rings. The first-order valence-electron chi connectivity index (χ1n) is 27.1. The molecule has 1 unspecified atom stereocenters. The Morgan fingerprint density at radius 1 is 0.395 bits per heavy atom. The summed E-state index contributed by atoms with van der Waals surface area (Å²) in [4.78, 5) is 4.98. The largest absolute Gasteiger partial charge is 0.313 e. The molecule has 10 aromatic rings. The molecule has 10 aromatic carbocycles. The second-order valence-corrected chi connectivity index (χ2v) is 22.7. The number of hydrogen-bond acceptors (Lipinski definition) is 2. The molecule has 0 fully saturated rings. The van der Waals surface area contributed by atoms with Gasteiger partial charge in [0.05, 0.1) is 5.69 Å². The summed E-state index contributed by atoms with van der Waals surface area (Å²) in [5, 5.41) is 0. The molecular weight excluding hydrogens is 917 g/mol. The monoisotopic (exact) mass is 976 g/mol. The molecule has 76 heavy (non-hydrogen) atoms. The number of benzene rings is 10. The summed E-state index contributed by atoms with van der Waals surface area (Å²) in [5.41, 5.74) is 31.4. The van der Waals surface area contributed by atoms with Crippen molar-refractivity contribution < 1.29 is 0 Å². The Labute approximate surface area is 448 Å². The topological polar surface area (TPSA) is 6.48 Å². The van der Waals surface area contributed by atoms with Gasteiger partial charge in [-0.2, -0.15) is 0 Å². The average molecular weight is 977 g/mol. The molecule has 0 amide bonds. The molecular formula is C74H60N2. The van der Waals surface area contributed by atoms with Crippen LogP contribution in [0.5, 0.6) is 0 Å². The van der Waals surface area contributed by atoms with Gasteiger partial charge in [-0.3, -0.25) is 0 Å². The number of fused-ring (bicyclic) bond motifs is 9. The first kappa shape index (κ1) is 45.9. The van der Waals surface area contributed by atoms with Crippen molar-refractivity contribution in [2.24, 2.45) is 0 Å². The Morgan fingerprint density at radius 3 is 1.47 bits per heavy atom. The quantitative estimate of drug-likeness (QED) is 0.150. The van der Waals surface area contributed by atoms with E-state index in [1.54, 1.807) is 0 Å². The van der Waals surface area contributed by atoms with Crippen molar-refractivity contribution >= 4 is 28.4 Å². The number of hydrogen-bond donors (Lipinski definition) is 0. The van der Waals surface area contributed by atoms with Crippen LogP contribution in [0.15, 0.2) is 242 Å². The van der Waals surface area contributed by atoms with Crippen LogP contribution < -0.4 is 9.80 Å².